The lowest BCUT2D eigenvalue weighted by molar-refractivity contribution is 0.0381. The average Bonchev–Trinajstić information content (AvgIpc) is 2.49. The number of hydrogen-bond acceptors (Lipinski definition) is 2. The molecule has 1 unspecified atom stereocenters. The Balaban J connectivity index is 1.61. The monoisotopic (exact) mass is 278 g/mol. The number of nitrogens with one attached hydrogen (secondary N) is 1. The van der Waals surface area contributed by atoms with E-state index in [9.17, 15) is 0 Å². The van der Waals surface area contributed by atoms with Crippen molar-refractivity contribution in [2.75, 3.05) is 19.6 Å². The Bertz CT molecular complexity index is 290. The van der Waals surface area contributed by atoms with Crippen LogP contribution in [0.2, 0.25) is 0 Å². The first-order valence-electron chi connectivity index (χ1n) is 9.30. The molecule has 1 aliphatic heterocycles. The molecule has 0 aromatic heterocycles. The number of hydrogen-bond donors (Lipinski definition) is 1. The maximum Gasteiger partial charge on any atom is 0.0309 e. The van der Waals surface area contributed by atoms with E-state index in [2.05, 4.69) is 17.1 Å². The molecule has 3 rings (SSSR count). The van der Waals surface area contributed by atoms with Crippen LogP contribution in [0.15, 0.2) is 0 Å². The van der Waals surface area contributed by atoms with Crippen molar-refractivity contribution in [3.63, 3.8) is 0 Å². The third-order valence-corrected chi connectivity index (χ3v) is 6.23. The molecule has 20 heavy (non-hydrogen) atoms. The van der Waals surface area contributed by atoms with E-state index in [4.69, 9.17) is 0 Å². The largest absolute Gasteiger partial charge is 0.308 e. The van der Waals surface area contributed by atoms with Gasteiger partial charge < -0.3 is 5.32 Å². The SMILES string of the molecule is CCC1CNC2(CCCCC2)CN1CC1CCCCC1. The Hall–Kier alpha value is -0.0800. The van der Waals surface area contributed by atoms with Gasteiger partial charge in [0.15, 0.2) is 0 Å². The zero-order valence-electron chi connectivity index (χ0n) is 13.5. The molecule has 2 nitrogen and oxygen atoms in total. The van der Waals surface area contributed by atoms with Crippen molar-refractivity contribution in [2.45, 2.75) is 89.1 Å². The first-order valence-corrected chi connectivity index (χ1v) is 9.30. The molecule has 1 N–H and O–H groups in total. The average molecular weight is 278 g/mol. The van der Waals surface area contributed by atoms with Gasteiger partial charge in [-0.05, 0) is 38.0 Å². The summed E-state index contributed by atoms with van der Waals surface area (Å²) in [4.78, 5) is 2.89. The van der Waals surface area contributed by atoms with Crippen molar-refractivity contribution < 1.29 is 0 Å². The molecule has 1 heterocycles. The number of piperazine rings is 1. The van der Waals surface area contributed by atoms with Crippen LogP contribution in [0, 0.1) is 5.92 Å². The molecule has 0 aromatic carbocycles. The molecular formula is C18H34N2. The van der Waals surface area contributed by atoms with Crippen LogP contribution in [0.5, 0.6) is 0 Å². The Morgan fingerprint density at radius 3 is 2.40 bits per heavy atom. The van der Waals surface area contributed by atoms with Crippen molar-refractivity contribution in [3.8, 4) is 0 Å². The molecule has 3 fully saturated rings. The zero-order valence-corrected chi connectivity index (χ0v) is 13.5. The highest BCUT2D eigenvalue weighted by Gasteiger charge is 2.39. The predicted octanol–water partition coefficient (Wildman–Crippen LogP) is 3.95. The highest BCUT2D eigenvalue weighted by atomic mass is 15.3. The quantitative estimate of drug-likeness (QED) is 0.841. The van der Waals surface area contributed by atoms with Crippen molar-refractivity contribution >= 4 is 0 Å². The lowest BCUT2D eigenvalue weighted by Crippen LogP contribution is -2.65. The topological polar surface area (TPSA) is 15.3 Å². The van der Waals surface area contributed by atoms with Gasteiger partial charge in [-0.2, -0.15) is 0 Å². The van der Waals surface area contributed by atoms with E-state index in [1.807, 2.05) is 0 Å². The second-order valence-electron chi connectivity index (χ2n) is 7.72. The third kappa shape index (κ3) is 3.39. The highest BCUT2D eigenvalue weighted by Crippen LogP contribution is 2.34. The lowest BCUT2D eigenvalue weighted by Gasteiger charge is -2.50. The van der Waals surface area contributed by atoms with Gasteiger partial charge in [0, 0.05) is 31.2 Å². The summed E-state index contributed by atoms with van der Waals surface area (Å²) in [6.07, 6.45) is 16.0. The van der Waals surface area contributed by atoms with Crippen LogP contribution in [0.1, 0.15) is 77.6 Å². The summed E-state index contributed by atoms with van der Waals surface area (Å²) in [6.45, 7) is 6.34. The van der Waals surface area contributed by atoms with Crippen molar-refractivity contribution in [1.82, 2.24) is 10.2 Å². The molecule has 116 valence electrons. The van der Waals surface area contributed by atoms with E-state index in [1.54, 1.807) is 0 Å². The van der Waals surface area contributed by atoms with E-state index in [1.165, 1.54) is 90.3 Å². The minimum absolute atomic E-state index is 0.485. The molecule has 0 radical (unpaired) electrons. The fraction of sp³-hybridized carbons (Fsp3) is 1.00. The van der Waals surface area contributed by atoms with Crippen molar-refractivity contribution in [3.05, 3.63) is 0 Å². The summed E-state index contributed by atoms with van der Waals surface area (Å²) in [7, 11) is 0. The summed E-state index contributed by atoms with van der Waals surface area (Å²) in [5.41, 5.74) is 0.485. The van der Waals surface area contributed by atoms with E-state index in [-0.39, 0.29) is 0 Å². The Labute approximate surface area is 125 Å². The Morgan fingerprint density at radius 1 is 1.00 bits per heavy atom. The van der Waals surface area contributed by atoms with E-state index in [0.717, 1.165) is 12.0 Å². The van der Waals surface area contributed by atoms with Crippen LogP contribution < -0.4 is 5.32 Å². The maximum absolute atomic E-state index is 3.96. The smallest absolute Gasteiger partial charge is 0.0309 e. The highest BCUT2D eigenvalue weighted by molar-refractivity contribution is 4.99. The van der Waals surface area contributed by atoms with E-state index < -0.39 is 0 Å². The van der Waals surface area contributed by atoms with Crippen LogP contribution in [-0.4, -0.2) is 36.1 Å². The van der Waals surface area contributed by atoms with Gasteiger partial charge in [-0.15, -0.1) is 0 Å². The Kier molecular flexibility index (Phi) is 5.04. The van der Waals surface area contributed by atoms with Crippen molar-refractivity contribution in [1.29, 1.82) is 0 Å². The maximum atomic E-state index is 3.96. The molecule has 0 bridgehead atoms. The van der Waals surface area contributed by atoms with Gasteiger partial charge >= 0.3 is 0 Å². The van der Waals surface area contributed by atoms with Crippen LogP contribution in [0.4, 0.5) is 0 Å². The first-order chi connectivity index (χ1) is 9.81. The van der Waals surface area contributed by atoms with Gasteiger partial charge in [0.2, 0.25) is 0 Å². The van der Waals surface area contributed by atoms with Crippen LogP contribution >= 0.6 is 0 Å². The molecule has 2 heteroatoms. The zero-order chi connectivity index (χ0) is 13.8. The third-order valence-electron chi connectivity index (χ3n) is 6.23. The first kappa shape index (κ1) is 14.8. The predicted molar refractivity (Wildman–Crippen MR) is 86.0 cm³/mol. The molecule has 0 aromatic rings. The molecule has 2 aliphatic carbocycles. The molecule has 2 saturated carbocycles. The van der Waals surface area contributed by atoms with Crippen LogP contribution in [0.25, 0.3) is 0 Å². The van der Waals surface area contributed by atoms with Gasteiger partial charge in [-0.3, -0.25) is 4.90 Å². The number of nitrogens with zero attached hydrogens (tertiary/aromatic N) is 1. The van der Waals surface area contributed by atoms with Gasteiger partial charge in [-0.1, -0.05) is 45.4 Å². The molecular weight excluding hydrogens is 244 g/mol. The summed E-state index contributed by atoms with van der Waals surface area (Å²) >= 11 is 0. The number of rotatable bonds is 3. The van der Waals surface area contributed by atoms with Gasteiger partial charge in [0.25, 0.3) is 0 Å². The summed E-state index contributed by atoms with van der Waals surface area (Å²) < 4.78 is 0. The van der Waals surface area contributed by atoms with Crippen LogP contribution in [-0.2, 0) is 0 Å². The lowest BCUT2D eigenvalue weighted by atomic mass is 9.78. The fourth-order valence-corrected chi connectivity index (χ4v) is 4.92. The van der Waals surface area contributed by atoms with E-state index >= 15 is 0 Å². The molecule has 1 atom stereocenters. The van der Waals surface area contributed by atoms with E-state index in [0.29, 0.717) is 5.54 Å². The summed E-state index contributed by atoms with van der Waals surface area (Å²) in [5, 5.41) is 3.96. The molecule has 0 amide bonds. The van der Waals surface area contributed by atoms with Gasteiger partial charge in [0.05, 0.1) is 0 Å². The minimum atomic E-state index is 0.485. The summed E-state index contributed by atoms with van der Waals surface area (Å²) in [6, 6.07) is 0.796. The summed E-state index contributed by atoms with van der Waals surface area (Å²) in [5.74, 6) is 0.997. The van der Waals surface area contributed by atoms with Crippen molar-refractivity contribution in [2.24, 2.45) is 5.92 Å². The Morgan fingerprint density at radius 2 is 1.70 bits per heavy atom. The molecule has 1 saturated heterocycles. The fourth-order valence-electron chi connectivity index (χ4n) is 4.92. The second kappa shape index (κ2) is 6.79. The van der Waals surface area contributed by atoms with Gasteiger partial charge in [0.1, 0.15) is 0 Å². The van der Waals surface area contributed by atoms with Gasteiger partial charge in [-0.25, -0.2) is 0 Å². The molecule has 3 aliphatic rings. The molecule has 1 spiro atoms. The second-order valence-corrected chi connectivity index (χ2v) is 7.72. The standard InChI is InChI=1S/C18H34N2/c1-2-17-13-19-18(11-7-4-8-12-18)15-20(17)14-16-9-5-3-6-10-16/h16-17,19H,2-15H2,1H3. The van der Waals surface area contributed by atoms with Crippen LogP contribution in [0.3, 0.4) is 0 Å². The normalized spacial score (nSPS) is 32.5. The minimum Gasteiger partial charge on any atom is -0.308 e.